The fraction of sp³-hybridized carbons (Fsp3) is 0.619. The number of ether oxygens (including phenoxy) is 1. The Morgan fingerprint density at radius 2 is 1.58 bits per heavy atom. The molecule has 4 amide bonds. The van der Waals surface area contributed by atoms with Crippen LogP contribution >= 0.6 is 0 Å². The van der Waals surface area contributed by atoms with Crippen LogP contribution in [0.25, 0.3) is 0 Å². The number of nitrogens with one attached hydrogen (secondary N) is 2. The molecule has 2 aliphatic rings. The highest BCUT2D eigenvalue weighted by molar-refractivity contribution is 6.07. The van der Waals surface area contributed by atoms with Gasteiger partial charge in [-0.25, -0.2) is 9.59 Å². The van der Waals surface area contributed by atoms with Crippen LogP contribution in [0.4, 0.5) is 0 Å². The van der Waals surface area contributed by atoms with Gasteiger partial charge >= 0.3 is 11.9 Å². The van der Waals surface area contributed by atoms with Gasteiger partial charge in [-0.15, -0.1) is 0 Å². The Balaban J connectivity index is 0.00000286. The van der Waals surface area contributed by atoms with Crippen LogP contribution in [0.1, 0.15) is 119 Å². The molecular weight excluding hydrogens is 766 g/mol. The fourth-order valence-corrected chi connectivity index (χ4v) is 7.43. The molecule has 17 heteroatoms. The number of methoxy groups -OCH3 is 1. The minimum atomic E-state index is -1.28. The van der Waals surface area contributed by atoms with E-state index in [4.69, 9.17) is 15.8 Å². The Morgan fingerprint density at radius 1 is 0.966 bits per heavy atom. The quantitative estimate of drug-likeness (QED) is 0.0540. The number of esters is 1. The van der Waals surface area contributed by atoms with Crippen molar-refractivity contribution in [3.8, 4) is 0 Å². The molecule has 5 N–H and O–H groups in total. The lowest BCUT2D eigenvalue weighted by Crippen LogP contribution is -2.57. The van der Waals surface area contributed by atoms with Crippen LogP contribution in [0.3, 0.4) is 0 Å². The molecule has 1 heterocycles. The van der Waals surface area contributed by atoms with Gasteiger partial charge in [-0.1, -0.05) is 64.3 Å². The van der Waals surface area contributed by atoms with Crippen molar-refractivity contribution < 1.29 is 53.1 Å². The van der Waals surface area contributed by atoms with Crippen LogP contribution in [0.5, 0.6) is 0 Å². The van der Waals surface area contributed by atoms with Crippen LogP contribution in [-0.4, -0.2) is 101 Å². The Bertz CT molecular complexity index is 1710. The molecule has 1 aromatic rings. The van der Waals surface area contributed by atoms with E-state index >= 15 is 0 Å². The van der Waals surface area contributed by atoms with Crippen molar-refractivity contribution in [2.75, 3.05) is 27.2 Å². The number of nitrogens with two attached hydrogens (primary N) is 1. The summed E-state index contributed by atoms with van der Waals surface area (Å²) < 4.78 is 4.63. The Labute approximate surface area is 345 Å². The van der Waals surface area contributed by atoms with E-state index in [1.54, 1.807) is 25.7 Å². The third kappa shape index (κ3) is 16.4. The van der Waals surface area contributed by atoms with E-state index in [0.717, 1.165) is 39.2 Å². The zero-order valence-electron chi connectivity index (χ0n) is 35.0. The van der Waals surface area contributed by atoms with Gasteiger partial charge in [0, 0.05) is 60.2 Å². The summed E-state index contributed by atoms with van der Waals surface area (Å²) in [7, 11) is 2.12. The lowest BCUT2D eigenvalue weighted by atomic mass is 9.75. The summed E-state index contributed by atoms with van der Waals surface area (Å²) in [6, 6.07) is 3.81. The molecule has 5 atom stereocenters. The van der Waals surface area contributed by atoms with E-state index in [0.29, 0.717) is 19.4 Å². The van der Waals surface area contributed by atoms with Gasteiger partial charge in [0.05, 0.1) is 12.7 Å². The van der Waals surface area contributed by atoms with Crippen molar-refractivity contribution in [2.45, 2.75) is 110 Å². The zero-order valence-corrected chi connectivity index (χ0v) is 35.0. The van der Waals surface area contributed by atoms with Gasteiger partial charge in [-0.2, -0.15) is 0 Å². The van der Waals surface area contributed by atoms with Crippen LogP contribution in [0.15, 0.2) is 36.4 Å². The maximum Gasteiger partial charge on any atom is 0.336 e. The zero-order chi connectivity index (χ0) is 44.4. The fourth-order valence-electron chi connectivity index (χ4n) is 7.43. The highest BCUT2D eigenvalue weighted by atomic mass is 16.6. The first-order chi connectivity index (χ1) is 27.7. The molecule has 17 nitrogen and oxygen atoms in total. The number of amides is 4. The molecule has 326 valence electrons. The first-order valence-electron chi connectivity index (χ1n) is 20.1. The predicted octanol–water partition coefficient (Wildman–Crippen LogP) is 3.89. The number of carboxylic acid groups (broad SMARTS) is 1. The van der Waals surface area contributed by atoms with Gasteiger partial charge in [0.2, 0.25) is 23.6 Å². The van der Waals surface area contributed by atoms with Crippen molar-refractivity contribution >= 4 is 47.1 Å². The van der Waals surface area contributed by atoms with Gasteiger partial charge < -0.3 is 31.1 Å². The molecule has 0 radical (unpaired) electrons. The van der Waals surface area contributed by atoms with Crippen molar-refractivity contribution in [1.82, 2.24) is 15.5 Å². The van der Waals surface area contributed by atoms with Crippen molar-refractivity contribution in [3.63, 3.8) is 0 Å². The summed E-state index contributed by atoms with van der Waals surface area (Å²) in [5.41, 5.74) is 4.36. The first-order valence-corrected chi connectivity index (χ1v) is 20.1. The molecule has 1 aromatic carbocycles. The van der Waals surface area contributed by atoms with Gasteiger partial charge in [0.25, 0.3) is 0 Å². The average molecular weight is 828 g/mol. The maximum absolute atomic E-state index is 14.3. The van der Waals surface area contributed by atoms with Crippen molar-refractivity contribution in [3.05, 3.63) is 57.7 Å². The Morgan fingerprint density at radius 3 is 2.14 bits per heavy atom. The number of nitrogens with zero attached hydrogens (tertiary/aromatic N) is 2. The second-order valence-corrected chi connectivity index (χ2v) is 16.4. The lowest BCUT2D eigenvalue weighted by Gasteiger charge is -2.39. The van der Waals surface area contributed by atoms with Crippen LogP contribution < -0.4 is 16.4 Å². The molecule has 0 bridgehead atoms. The summed E-state index contributed by atoms with van der Waals surface area (Å²) in [6.07, 6.45) is 8.33. The SMILES string of the molecule is COC(=O)/C=C/CC[C@H](CC(=O)c1ccccc1C(=O)O)C(=O)N[C@H](C(=O)N1CCC[C@H](C(=O)C[C@H](C(=O)N[C@@H](C)C(N)=O)C2CCCCC2)C1)C(C)(C)C.C[N+](=O)[O-]. The number of nitro groups is 1. The van der Waals surface area contributed by atoms with Crippen LogP contribution in [-0.2, 0) is 33.5 Å². The summed E-state index contributed by atoms with van der Waals surface area (Å²) >= 11 is 0. The minimum absolute atomic E-state index is 0.00650. The second kappa shape index (κ2) is 23.8. The second-order valence-electron chi connectivity index (χ2n) is 16.4. The van der Waals surface area contributed by atoms with E-state index in [9.17, 15) is 43.5 Å². The smallest absolute Gasteiger partial charge is 0.336 e. The molecule has 0 spiro atoms. The minimum Gasteiger partial charge on any atom is -0.478 e. The van der Waals surface area contributed by atoms with Crippen LogP contribution in [0, 0.1) is 39.2 Å². The molecular formula is C42H61N5O12. The number of allylic oxidation sites excluding steroid dienone is 1. The monoisotopic (exact) mass is 827 g/mol. The molecule has 59 heavy (non-hydrogen) atoms. The average Bonchev–Trinajstić information content (AvgIpc) is 3.18. The topological polar surface area (TPSA) is 262 Å². The van der Waals surface area contributed by atoms with E-state index in [-0.39, 0.29) is 66.9 Å². The molecule has 0 aromatic heterocycles. The summed E-state index contributed by atoms with van der Waals surface area (Å²) in [6.45, 7) is 7.38. The molecule has 3 rings (SSSR count). The highest BCUT2D eigenvalue weighted by Gasteiger charge is 2.41. The number of hydrogen-bond acceptors (Lipinski definition) is 11. The molecule has 0 unspecified atom stereocenters. The summed E-state index contributed by atoms with van der Waals surface area (Å²) in [5, 5.41) is 24.0. The van der Waals surface area contributed by atoms with Crippen LogP contribution in [0.2, 0.25) is 0 Å². The largest absolute Gasteiger partial charge is 0.478 e. The number of benzene rings is 1. The van der Waals surface area contributed by atoms with Gasteiger partial charge in [-0.05, 0) is 62.8 Å². The van der Waals surface area contributed by atoms with E-state index < -0.39 is 69.7 Å². The van der Waals surface area contributed by atoms with E-state index in [2.05, 4.69) is 15.4 Å². The molecule has 1 aliphatic heterocycles. The Kier molecular flexibility index (Phi) is 20.0. The number of rotatable bonds is 18. The lowest BCUT2D eigenvalue weighted by molar-refractivity contribution is -0.445. The number of hydrogen-bond donors (Lipinski definition) is 4. The predicted molar refractivity (Wildman–Crippen MR) is 216 cm³/mol. The van der Waals surface area contributed by atoms with Gasteiger partial charge in [0.1, 0.15) is 17.9 Å². The molecule has 2 fully saturated rings. The molecule has 1 saturated heterocycles. The highest BCUT2D eigenvalue weighted by Crippen LogP contribution is 2.34. The maximum atomic E-state index is 14.3. The van der Waals surface area contributed by atoms with Gasteiger partial charge in [0.15, 0.2) is 12.8 Å². The standard InChI is InChI=1S/C41H58N4O10.CH3NO2/c1-25(36(42)49)43-38(51)31(26-14-7-6-8-15-26)23-32(46)28-17-13-21-45(24-28)39(52)35(41(2,3)4)44-37(50)27(16-9-12-20-34(48)55-5)22-33(47)29-18-10-11-19-30(29)40(53)54;1-2(3)4/h10-12,18-20,25-28,31,35H,6-9,13-17,21-24H2,1-5H3,(H2,42,49)(H,43,51)(H,44,50)(H,53,54);1H3/b20-12+;/t25-,27+,28-,31-,35+;/m0./s1. The Hall–Kier alpha value is -5.48. The van der Waals surface area contributed by atoms with Gasteiger partial charge in [-0.3, -0.25) is 38.9 Å². The first kappa shape index (κ1) is 49.7. The summed E-state index contributed by atoms with van der Waals surface area (Å²) in [4.78, 5) is 114. The number of carbonyl (C=O) groups excluding carboxylic acids is 7. The summed E-state index contributed by atoms with van der Waals surface area (Å²) in [5.74, 6) is -6.71. The number of primary amides is 1. The number of Topliss-reactive ketones (excluding diaryl/α,β-unsaturated/α-hetero) is 2. The third-order valence-corrected chi connectivity index (χ3v) is 10.7. The van der Waals surface area contributed by atoms with E-state index in [1.165, 1.54) is 50.5 Å². The number of aromatic carboxylic acids is 1. The van der Waals surface area contributed by atoms with E-state index in [1.807, 2.05) is 0 Å². The third-order valence-electron chi connectivity index (χ3n) is 10.7. The number of ketones is 2. The molecule has 1 aliphatic carbocycles. The van der Waals surface area contributed by atoms with Crippen molar-refractivity contribution in [1.29, 1.82) is 0 Å². The van der Waals surface area contributed by atoms with Crippen molar-refractivity contribution in [2.24, 2.45) is 34.8 Å². The number of carboxylic acids is 1. The number of likely N-dealkylation sites (tertiary alicyclic amines) is 1. The number of carbonyl (C=O) groups is 8. The normalized spacial score (nSPS) is 17.9. The number of piperidine rings is 1. The molecule has 1 saturated carbocycles.